The quantitative estimate of drug-likeness (QED) is 0.388. The van der Waals surface area contributed by atoms with Gasteiger partial charge >= 0.3 is 6.16 Å². The van der Waals surface area contributed by atoms with Crippen molar-refractivity contribution in [2.75, 3.05) is 26.4 Å². The molecule has 0 aromatic rings. The number of carbonyl (C=O) groups is 1. The van der Waals surface area contributed by atoms with Crippen molar-refractivity contribution in [3.8, 4) is 0 Å². The molecule has 96 valence electrons. The molecule has 0 fully saturated rings. The van der Waals surface area contributed by atoms with Crippen LogP contribution in [-0.2, 0) is 4.74 Å². The zero-order chi connectivity index (χ0) is 13.0. The van der Waals surface area contributed by atoms with Crippen LogP contribution in [0.25, 0.3) is 0 Å². The third-order valence-corrected chi connectivity index (χ3v) is 2.08. The summed E-state index contributed by atoms with van der Waals surface area (Å²) in [6, 6.07) is 0. The molecule has 0 radical (unpaired) electrons. The predicted octanol–water partition coefficient (Wildman–Crippen LogP) is 0.227. The molecule has 6 nitrogen and oxygen atoms in total. The Labute approximate surface area is 94.8 Å². The molecule has 0 aliphatic heterocycles. The molecule has 0 bridgehead atoms. The summed E-state index contributed by atoms with van der Waals surface area (Å²) in [5, 5.41) is 33.7. The first kappa shape index (κ1) is 17.3. The zero-order valence-electron chi connectivity index (χ0n) is 9.43. The van der Waals surface area contributed by atoms with Gasteiger partial charge in [0.15, 0.2) is 0 Å². The lowest BCUT2D eigenvalue weighted by atomic mass is 9.88. The first-order valence-electron chi connectivity index (χ1n) is 4.81. The molecule has 0 spiro atoms. The number of carboxylic acid groups (broad SMARTS) is 1. The Morgan fingerprint density at radius 1 is 1.31 bits per heavy atom. The minimum absolute atomic E-state index is 0.0648. The first-order valence-corrected chi connectivity index (χ1v) is 4.81. The molecule has 0 unspecified atom stereocenters. The van der Waals surface area contributed by atoms with Crippen LogP contribution in [0, 0.1) is 5.41 Å². The van der Waals surface area contributed by atoms with Gasteiger partial charge in [0.05, 0.1) is 19.8 Å². The molecule has 0 aliphatic carbocycles. The Morgan fingerprint density at radius 3 is 1.81 bits per heavy atom. The molecule has 6 heteroatoms. The van der Waals surface area contributed by atoms with Crippen molar-refractivity contribution in [2.24, 2.45) is 5.41 Å². The standard InChI is InChI=1S/C6H14O3.C4H6O3/c1-2-6(3-7,4-8)5-9;1-2-3-7-4(5)6/h7-9H,2-5H2,1H3;2H,1,3H2,(H,5,6). The number of aliphatic hydroxyl groups is 3. The molecule has 0 aromatic carbocycles. The van der Waals surface area contributed by atoms with Crippen molar-refractivity contribution in [2.45, 2.75) is 13.3 Å². The van der Waals surface area contributed by atoms with E-state index in [9.17, 15) is 4.79 Å². The van der Waals surface area contributed by atoms with Gasteiger partial charge in [-0.3, -0.25) is 0 Å². The van der Waals surface area contributed by atoms with Crippen molar-refractivity contribution >= 4 is 6.16 Å². The lowest BCUT2D eigenvalue weighted by molar-refractivity contribution is 0.00304. The van der Waals surface area contributed by atoms with Crippen LogP contribution in [0.4, 0.5) is 4.79 Å². The van der Waals surface area contributed by atoms with Gasteiger partial charge in [0.25, 0.3) is 0 Å². The van der Waals surface area contributed by atoms with Gasteiger partial charge in [0, 0.05) is 5.41 Å². The van der Waals surface area contributed by atoms with Crippen LogP contribution in [0.15, 0.2) is 12.7 Å². The summed E-state index contributed by atoms with van der Waals surface area (Å²) >= 11 is 0. The van der Waals surface area contributed by atoms with E-state index in [1.54, 1.807) is 0 Å². The highest BCUT2D eigenvalue weighted by Crippen LogP contribution is 2.18. The molecule has 16 heavy (non-hydrogen) atoms. The van der Waals surface area contributed by atoms with Crippen LogP contribution in [0.5, 0.6) is 0 Å². The molecule has 0 amide bonds. The highest BCUT2D eigenvalue weighted by atomic mass is 16.7. The van der Waals surface area contributed by atoms with Crippen molar-refractivity contribution in [3.63, 3.8) is 0 Å². The summed E-state index contributed by atoms with van der Waals surface area (Å²) in [5.41, 5.74) is -0.667. The molecule has 4 N–H and O–H groups in total. The topological polar surface area (TPSA) is 107 Å². The maximum absolute atomic E-state index is 9.49. The highest BCUT2D eigenvalue weighted by Gasteiger charge is 2.24. The van der Waals surface area contributed by atoms with Crippen molar-refractivity contribution in [1.29, 1.82) is 0 Å². The van der Waals surface area contributed by atoms with E-state index in [1.165, 1.54) is 6.08 Å². The maximum atomic E-state index is 9.49. The van der Waals surface area contributed by atoms with Crippen molar-refractivity contribution < 1.29 is 30.0 Å². The lowest BCUT2D eigenvalue weighted by Gasteiger charge is -2.24. The number of aliphatic hydroxyl groups excluding tert-OH is 3. The average Bonchev–Trinajstić information content (AvgIpc) is 2.31. The van der Waals surface area contributed by atoms with Gasteiger partial charge in [-0.05, 0) is 6.42 Å². The van der Waals surface area contributed by atoms with E-state index in [0.29, 0.717) is 6.42 Å². The van der Waals surface area contributed by atoms with E-state index in [1.807, 2.05) is 6.92 Å². The molecule has 0 saturated heterocycles. The van der Waals surface area contributed by atoms with Crippen LogP contribution in [0.1, 0.15) is 13.3 Å². The second kappa shape index (κ2) is 10.4. The van der Waals surface area contributed by atoms with E-state index in [0.717, 1.165) is 0 Å². The molecule has 0 rings (SSSR count). The third-order valence-electron chi connectivity index (χ3n) is 2.08. The summed E-state index contributed by atoms with van der Waals surface area (Å²) in [6.07, 6.45) is 0.699. The van der Waals surface area contributed by atoms with Gasteiger partial charge in [0.2, 0.25) is 0 Å². The fourth-order valence-electron chi connectivity index (χ4n) is 0.616. The largest absolute Gasteiger partial charge is 0.506 e. The van der Waals surface area contributed by atoms with Crippen LogP contribution in [0.2, 0.25) is 0 Å². The molecular formula is C10H20O6. The molecular weight excluding hydrogens is 216 g/mol. The van der Waals surface area contributed by atoms with E-state index < -0.39 is 11.6 Å². The van der Waals surface area contributed by atoms with Gasteiger partial charge < -0.3 is 25.2 Å². The monoisotopic (exact) mass is 236 g/mol. The minimum Gasteiger partial charge on any atom is -0.450 e. The van der Waals surface area contributed by atoms with Gasteiger partial charge in [-0.2, -0.15) is 0 Å². The smallest absolute Gasteiger partial charge is 0.450 e. The number of ether oxygens (including phenoxy) is 1. The maximum Gasteiger partial charge on any atom is 0.506 e. The van der Waals surface area contributed by atoms with E-state index in [2.05, 4.69) is 11.3 Å². The number of hydrogen-bond acceptors (Lipinski definition) is 5. The zero-order valence-corrected chi connectivity index (χ0v) is 9.43. The Bertz CT molecular complexity index is 170. The van der Waals surface area contributed by atoms with Gasteiger partial charge in [-0.25, -0.2) is 4.79 Å². The van der Waals surface area contributed by atoms with Crippen LogP contribution in [-0.4, -0.2) is 53.0 Å². The molecule has 0 saturated carbocycles. The Balaban J connectivity index is 0. The second-order valence-electron chi connectivity index (χ2n) is 3.19. The van der Waals surface area contributed by atoms with E-state index in [4.69, 9.17) is 20.4 Å². The number of rotatable bonds is 6. The summed E-state index contributed by atoms with van der Waals surface area (Å²) in [7, 11) is 0. The molecule has 0 atom stereocenters. The third kappa shape index (κ3) is 8.22. The molecule has 0 aliphatic rings. The normalized spacial score (nSPS) is 10.0. The van der Waals surface area contributed by atoms with Crippen LogP contribution >= 0.6 is 0 Å². The number of hydrogen-bond donors (Lipinski definition) is 4. The van der Waals surface area contributed by atoms with Gasteiger partial charge in [0.1, 0.15) is 6.61 Å². The second-order valence-corrected chi connectivity index (χ2v) is 3.19. The van der Waals surface area contributed by atoms with E-state index >= 15 is 0 Å². The molecule has 0 aromatic heterocycles. The summed E-state index contributed by atoms with van der Waals surface area (Å²) < 4.78 is 3.99. The lowest BCUT2D eigenvalue weighted by Crippen LogP contribution is -2.32. The fraction of sp³-hybridized carbons (Fsp3) is 0.700. The average molecular weight is 236 g/mol. The summed E-state index contributed by atoms with van der Waals surface area (Å²) in [4.78, 5) is 9.49. The summed E-state index contributed by atoms with van der Waals surface area (Å²) in [6.45, 7) is 4.66. The SMILES string of the molecule is C=CCOC(=O)O.CCC(CO)(CO)CO. The summed E-state index contributed by atoms with van der Waals surface area (Å²) in [5.74, 6) is 0. The Hall–Kier alpha value is -1.11. The molecule has 0 heterocycles. The van der Waals surface area contributed by atoms with Crippen molar-refractivity contribution in [3.05, 3.63) is 12.7 Å². The Morgan fingerprint density at radius 2 is 1.75 bits per heavy atom. The van der Waals surface area contributed by atoms with Gasteiger partial charge in [-0.15, -0.1) is 0 Å². The highest BCUT2D eigenvalue weighted by molar-refractivity contribution is 5.56. The van der Waals surface area contributed by atoms with Crippen LogP contribution < -0.4 is 0 Å². The fourth-order valence-corrected chi connectivity index (χ4v) is 0.616. The Kier molecular flexibility index (Phi) is 11.2. The van der Waals surface area contributed by atoms with Crippen molar-refractivity contribution in [1.82, 2.24) is 0 Å². The van der Waals surface area contributed by atoms with E-state index in [-0.39, 0.29) is 26.4 Å². The predicted molar refractivity (Wildman–Crippen MR) is 58.2 cm³/mol. The first-order chi connectivity index (χ1) is 7.51. The van der Waals surface area contributed by atoms with Crippen LogP contribution in [0.3, 0.4) is 0 Å². The van der Waals surface area contributed by atoms with Gasteiger partial charge in [-0.1, -0.05) is 19.6 Å². The minimum atomic E-state index is -1.26.